The second-order valence-corrected chi connectivity index (χ2v) is 8.79. The first kappa shape index (κ1) is 18.6. The van der Waals surface area contributed by atoms with Gasteiger partial charge in [0.15, 0.2) is 0 Å². The SMILES string of the molecule is c1ccc(CN2C[C@H]3CN(CC(c4ccccc4)c4ccccc4)C[C@@H]3C2)cc1. The van der Waals surface area contributed by atoms with Crippen LogP contribution in [0.5, 0.6) is 0 Å². The molecule has 2 saturated heterocycles. The van der Waals surface area contributed by atoms with Crippen molar-refractivity contribution in [1.29, 1.82) is 0 Å². The van der Waals surface area contributed by atoms with Crippen LogP contribution >= 0.6 is 0 Å². The van der Waals surface area contributed by atoms with Crippen LogP contribution in [0.25, 0.3) is 0 Å². The molecule has 2 aliphatic heterocycles. The van der Waals surface area contributed by atoms with Crippen molar-refractivity contribution in [2.75, 3.05) is 32.7 Å². The fourth-order valence-corrected chi connectivity index (χ4v) is 5.34. The monoisotopic (exact) mass is 382 g/mol. The van der Waals surface area contributed by atoms with Gasteiger partial charge in [0.25, 0.3) is 0 Å². The summed E-state index contributed by atoms with van der Waals surface area (Å²) in [4.78, 5) is 5.38. The van der Waals surface area contributed by atoms with Gasteiger partial charge in [-0.2, -0.15) is 0 Å². The van der Waals surface area contributed by atoms with Crippen molar-refractivity contribution in [2.45, 2.75) is 12.5 Å². The molecule has 0 N–H and O–H groups in total. The Kier molecular flexibility index (Phi) is 5.47. The smallest absolute Gasteiger partial charge is 0.0233 e. The summed E-state index contributed by atoms with van der Waals surface area (Å²) >= 11 is 0. The van der Waals surface area contributed by atoms with Crippen molar-refractivity contribution < 1.29 is 0 Å². The van der Waals surface area contributed by atoms with Gasteiger partial charge in [0.05, 0.1) is 0 Å². The highest BCUT2D eigenvalue weighted by Crippen LogP contribution is 2.34. The molecule has 2 fully saturated rings. The Morgan fingerprint density at radius 3 is 1.55 bits per heavy atom. The molecule has 0 radical (unpaired) electrons. The van der Waals surface area contributed by atoms with E-state index in [1.807, 2.05) is 0 Å². The first-order chi connectivity index (χ1) is 14.3. The number of nitrogens with zero attached hydrogens (tertiary/aromatic N) is 2. The summed E-state index contributed by atoms with van der Waals surface area (Å²) in [5.74, 6) is 2.11. The maximum Gasteiger partial charge on any atom is 0.0233 e. The zero-order valence-electron chi connectivity index (χ0n) is 17.0. The Morgan fingerprint density at radius 2 is 1.03 bits per heavy atom. The molecular formula is C27H30N2. The van der Waals surface area contributed by atoms with Gasteiger partial charge in [-0.1, -0.05) is 91.0 Å². The predicted molar refractivity (Wildman–Crippen MR) is 120 cm³/mol. The quantitative estimate of drug-likeness (QED) is 0.599. The summed E-state index contributed by atoms with van der Waals surface area (Å²) in [5, 5.41) is 0. The summed E-state index contributed by atoms with van der Waals surface area (Å²) in [6.07, 6.45) is 0. The Morgan fingerprint density at radius 1 is 0.586 bits per heavy atom. The van der Waals surface area contributed by atoms with Crippen molar-refractivity contribution in [3.8, 4) is 0 Å². The third-order valence-electron chi connectivity index (χ3n) is 6.73. The number of fused-ring (bicyclic) bond motifs is 1. The maximum absolute atomic E-state index is 2.72. The Labute approximate surface area is 174 Å². The molecule has 2 heteroatoms. The highest BCUT2D eigenvalue weighted by atomic mass is 15.2. The van der Waals surface area contributed by atoms with Crippen LogP contribution in [0.15, 0.2) is 91.0 Å². The topological polar surface area (TPSA) is 6.48 Å². The molecule has 2 aliphatic rings. The van der Waals surface area contributed by atoms with Crippen LogP contribution in [0.3, 0.4) is 0 Å². The number of likely N-dealkylation sites (tertiary alicyclic amines) is 2. The van der Waals surface area contributed by atoms with Gasteiger partial charge in [-0.15, -0.1) is 0 Å². The molecule has 5 rings (SSSR count). The molecule has 0 amide bonds. The van der Waals surface area contributed by atoms with Gasteiger partial charge in [0.1, 0.15) is 0 Å². The van der Waals surface area contributed by atoms with E-state index in [9.17, 15) is 0 Å². The lowest BCUT2D eigenvalue weighted by Gasteiger charge is -2.26. The average molecular weight is 383 g/mol. The van der Waals surface area contributed by atoms with Crippen LogP contribution in [-0.2, 0) is 6.54 Å². The Hall–Kier alpha value is -2.42. The average Bonchev–Trinajstić information content (AvgIpc) is 3.32. The van der Waals surface area contributed by atoms with E-state index >= 15 is 0 Å². The predicted octanol–water partition coefficient (Wildman–Crippen LogP) is 4.88. The van der Waals surface area contributed by atoms with E-state index in [1.54, 1.807) is 0 Å². The van der Waals surface area contributed by atoms with E-state index in [2.05, 4.69) is 101 Å². The van der Waals surface area contributed by atoms with Gasteiger partial charge in [-0.3, -0.25) is 4.90 Å². The van der Waals surface area contributed by atoms with E-state index in [-0.39, 0.29) is 0 Å². The molecular weight excluding hydrogens is 352 g/mol. The zero-order valence-corrected chi connectivity index (χ0v) is 17.0. The van der Waals surface area contributed by atoms with Crippen molar-refractivity contribution in [2.24, 2.45) is 11.8 Å². The van der Waals surface area contributed by atoms with Crippen molar-refractivity contribution in [3.05, 3.63) is 108 Å². The molecule has 2 nitrogen and oxygen atoms in total. The van der Waals surface area contributed by atoms with Crippen molar-refractivity contribution in [1.82, 2.24) is 9.80 Å². The molecule has 2 atom stereocenters. The highest BCUT2D eigenvalue weighted by Gasteiger charge is 2.40. The highest BCUT2D eigenvalue weighted by molar-refractivity contribution is 5.33. The first-order valence-corrected chi connectivity index (χ1v) is 10.9. The van der Waals surface area contributed by atoms with Crippen LogP contribution in [-0.4, -0.2) is 42.5 Å². The molecule has 0 bridgehead atoms. The molecule has 0 saturated carbocycles. The summed E-state index contributed by atoms with van der Waals surface area (Å²) in [7, 11) is 0. The lowest BCUT2D eigenvalue weighted by atomic mass is 9.91. The fraction of sp³-hybridized carbons (Fsp3) is 0.333. The minimum absolute atomic E-state index is 0.455. The summed E-state index contributed by atoms with van der Waals surface area (Å²) in [5.41, 5.74) is 4.31. The van der Waals surface area contributed by atoms with Gasteiger partial charge < -0.3 is 4.90 Å². The molecule has 3 aromatic rings. The third-order valence-corrected chi connectivity index (χ3v) is 6.73. The van der Waals surface area contributed by atoms with E-state index in [1.165, 1.54) is 42.9 Å². The van der Waals surface area contributed by atoms with Gasteiger partial charge >= 0.3 is 0 Å². The lowest BCUT2D eigenvalue weighted by molar-refractivity contribution is 0.247. The summed E-state index contributed by atoms with van der Waals surface area (Å²) < 4.78 is 0. The van der Waals surface area contributed by atoms with Crippen LogP contribution in [0.1, 0.15) is 22.6 Å². The van der Waals surface area contributed by atoms with Crippen LogP contribution < -0.4 is 0 Å². The van der Waals surface area contributed by atoms with Crippen LogP contribution in [0.4, 0.5) is 0 Å². The van der Waals surface area contributed by atoms with E-state index < -0.39 is 0 Å². The minimum atomic E-state index is 0.455. The van der Waals surface area contributed by atoms with Gasteiger partial charge in [0, 0.05) is 45.2 Å². The Bertz CT molecular complexity index is 840. The lowest BCUT2D eigenvalue weighted by Crippen LogP contribution is -2.31. The van der Waals surface area contributed by atoms with E-state index in [4.69, 9.17) is 0 Å². The van der Waals surface area contributed by atoms with Crippen molar-refractivity contribution >= 4 is 0 Å². The first-order valence-electron chi connectivity index (χ1n) is 10.9. The molecule has 29 heavy (non-hydrogen) atoms. The maximum atomic E-state index is 2.72. The van der Waals surface area contributed by atoms with Gasteiger partial charge in [0.2, 0.25) is 0 Å². The van der Waals surface area contributed by atoms with Crippen LogP contribution in [0.2, 0.25) is 0 Å². The molecule has 2 heterocycles. The van der Waals surface area contributed by atoms with Gasteiger partial charge in [-0.25, -0.2) is 0 Å². The third kappa shape index (κ3) is 4.29. The largest absolute Gasteiger partial charge is 0.302 e. The molecule has 0 aliphatic carbocycles. The fourth-order valence-electron chi connectivity index (χ4n) is 5.34. The molecule has 0 unspecified atom stereocenters. The zero-order chi connectivity index (χ0) is 19.5. The second-order valence-electron chi connectivity index (χ2n) is 8.79. The normalized spacial score (nSPS) is 22.2. The number of rotatable bonds is 6. The molecule has 3 aromatic carbocycles. The van der Waals surface area contributed by atoms with E-state index in [0.29, 0.717) is 5.92 Å². The second kappa shape index (κ2) is 8.52. The number of hydrogen-bond acceptors (Lipinski definition) is 2. The molecule has 0 spiro atoms. The minimum Gasteiger partial charge on any atom is -0.302 e. The Balaban J connectivity index is 1.24. The van der Waals surface area contributed by atoms with Crippen molar-refractivity contribution in [3.63, 3.8) is 0 Å². The van der Waals surface area contributed by atoms with Crippen LogP contribution in [0, 0.1) is 11.8 Å². The number of benzene rings is 3. The number of hydrogen-bond donors (Lipinski definition) is 0. The molecule has 148 valence electrons. The van der Waals surface area contributed by atoms with E-state index in [0.717, 1.165) is 24.9 Å². The van der Waals surface area contributed by atoms with Gasteiger partial charge in [-0.05, 0) is 28.5 Å². The summed E-state index contributed by atoms with van der Waals surface area (Å²) in [6, 6.07) is 33.0. The standard InChI is InChI=1S/C27H30N2/c1-4-10-22(11-5-1)16-28-17-25-19-29(20-26(25)18-28)21-27(23-12-6-2-7-13-23)24-14-8-3-9-15-24/h1-15,25-27H,16-21H2/t25-,26-/m0/s1. The molecule has 0 aromatic heterocycles. The summed E-state index contributed by atoms with van der Waals surface area (Å²) in [6.45, 7) is 7.21.